The summed E-state index contributed by atoms with van der Waals surface area (Å²) in [5.41, 5.74) is 1.00. The van der Waals surface area contributed by atoms with Gasteiger partial charge in [-0.2, -0.15) is 0 Å². The molecule has 0 amide bonds. The first-order chi connectivity index (χ1) is 12.3. The molecular weight excluding hydrogens is 316 g/mol. The molecule has 3 rings (SSSR count). The summed E-state index contributed by atoms with van der Waals surface area (Å²) in [6.45, 7) is 0.0636. The number of rotatable bonds is 5. The van der Waals surface area contributed by atoms with Gasteiger partial charge in [-0.15, -0.1) is 0 Å². The van der Waals surface area contributed by atoms with Crippen LogP contribution in [0.1, 0.15) is 16.7 Å². The van der Waals surface area contributed by atoms with Crippen LogP contribution in [0.3, 0.4) is 0 Å². The summed E-state index contributed by atoms with van der Waals surface area (Å²) in [6.07, 6.45) is -1.06. The minimum Gasteiger partial charge on any atom is -0.412 e. The van der Waals surface area contributed by atoms with Crippen LogP contribution in [0.25, 0.3) is 0 Å². The number of carbonyl (C=O) groups is 2. The van der Waals surface area contributed by atoms with Crippen molar-refractivity contribution in [2.24, 2.45) is 0 Å². The number of carbonyl (C=O) groups excluding carboxylic acids is 2. The van der Waals surface area contributed by atoms with E-state index in [9.17, 15) is 9.59 Å². The Kier molecular flexibility index (Phi) is 4.90. The van der Waals surface area contributed by atoms with Crippen molar-refractivity contribution in [2.45, 2.75) is 5.60 Å². The lowest BCUT2D eigenvalue weighted by molar-refractivity contribution is -0.127. The fraction of sp³-hybridized carbons (Fsp3) is 0.0476. The smallest absolute Gasteiger partial charge is 0.412 e. The molecule has 0 atom stereocenters. The normalized spacial score (nSPS) is 10.7. The van der Waals surface area contributed by atoms with Gasteiger partial charge in [0.05, 0.1) is 0 Å². The van der Waals surface area contributed by atoms with Gasteiger partial charge in [0.2, 0.25) is 0 Å². The third kappa shape index (κ3) is 3.28. The first-order valence-electron chi connectivity index (χ1n) is 7.77. The maximum Gasteiger partial charge on any atom is 0.517 e. The number of hydrogen-bond donors (Lipinski definition) is 0. The molecule has 3 aromatic rings. The summed E-state index contributed by atoms with van der Waals surface area (Å²) in [5.74, 6) is 0. The summed E-state index contributed by atoms with van der Waals surface area (Å²) in [7, 11) is 0. The van der Waals surface area contributed by atoms with Crippen molar-refractivity contribution < 1.29 is 19.1 Å². The second kappa shape index (κ2) is 7.45. The van der Waals surface area contributed by atoms with E-state index in [4.69, 9.17) is 4.74 Å². The van der Waals surface area contributed by atoms with Gasteiger partial charge in [-0.25, -0.2) is 4.79 Å². The summed E-state index contributed by atoms with van der Waals surface area (Å²) in [5, 5.41) is 0. The maximum atomic E-state index is 12.1. The molecule has 0 saturated carbocycles. The Bertz CT molecular complexity index is 733. The van der Waals surface area contributed by atoms with Gasteiger partial charge in [0.15, 0.2) is 5.60 Å². The summed E-state index contributed by atoms with van der Waals surface area (Å²) < 4.78 is 10.2. The number of benzene rings is 3. The Morgan fingerprint density at radius 1 is 0.680 bits per heavy atom. The monoisotopic (exact) mass is 332 g/mol. The van der Waals surface area contributed by atoms with E-state index in [1.807, 2.05) is 91.0 Å². The van der Waals surface area contributed by atoms with Crippen LogP contribution in [-0.4, -0.2) is 12.6 Å². The van der Waals surface area contributed by atoms with Gasteiger partial charge < -0.3 is 9.47 Å². The molecular formula is C21H16O4. The van der Waals surface area contributed by atoms with E-state index in [1.54, 1.807) is 0 Å². The van der Waals surface area contributed by atoms with Crippen LogP contribution in [0, 0.1) is 0 Å². The second-order valence-electron chi connectivity index (χ2n) is 5.35. The molecule has 25 heavy (non-hydrogen) atoms. The van der Waals surface area contributed by atoms with Crippen molar-refractivity contribution in [3.05, 3.63) is 108 Å². The Labute approximate surface area is 145 Å². The SMILES string of the molecule is O=COC(=O)OC(c1ccccc1)(c1ccccc1)c1ccccc1. The molecule has 0 fully saturated rings. The Balaban J connectivity index is 2.27. The zero-order chi connectivity index (χ0) is 17.5. The highest BCUT2D eigenvalue weighted by Crippen LogP contribution is 2.40. The van der Waals surface area contributed by atoms with Gasteiger partial charge in [0.1, 0.15) is 0 Å². The van der Waals surface area contributed by atoms with E-state index in [0.29, 0.717) is 0 Å². The predicted molar refractivity (Wildman–Crippen MR) is 92.8 cm³/mol. The van der Waals surface area contributed by atoms with Crippen molar-refractivity contribution >= 4 is 12.6 Å². The van der Waals surface area contributed by atoms with Crippen molar-refractivity contribution in [3.8, 4) is 0 Å². The van der Waals surface area contributed by atoms with Crippen LogP contribution in [0.15, 0.2) is 91.0 Å². The van der Waals surface area contributed by atoms with Crippen LogP contribution in [0.5, 0.6) is 0 Å². The van der Waals surface area contributed by atoms with Crippen LogP contribution in [0.2, 0.25) is 0 Å². The number of hydrogen-bond acceptors (Lipinski definition) is 4. The predicted octanol–water partition coefficient (Wildman–Crippen LogP) is 4.29. The van der Waals surface area contributed by atoms with E-state index in [1.165, 1.54) is 0 Å². The largest absolute Gasteiger partial charge is 0.517 e. The molecule has 0 spiro atoms. The van der Waals surface area contributed by atoms with Gasteiger partial charge in [-0.3, -0.25) is 4.79 Å². The molecule has 0 aliphatic rings. The molecule has 0 heterocycles. The minimum absolute atomic E-state index is 0.0636. The van der Waals surface area contributed by atoms with E-state index in [0.717, 1.165) is 16.7 Å². The quantitative estimate of drug-likeness (QED) is 0.303. The van der Waals surface area contributed by atoms with E-state index >= 15 is 0 Å². The average Bonchev–Trinajstić information content (AvgIpc) is 2.68. The van der Waals surface area contributed by atoms with E-state index in [-0.39, 0.29) is 6.47 Å². The Hall–Kier alpha value is -3.40. The molecule has 4 nitrogen and oxygen atoms in total. The Morgan fingerprint density at radius 3 is 1.36 bits per heavy atom. The molecule has 4 heteroatoms. The topological polar surface area (TPSA) is 52.6 Å². The Morgan fingerprint density at radius 2 is 1.04 bits per heavy atom. The van der Waals surface area contributed by atoms with E-state index < -0.39 is 11.8 Å². The van der Waals surface area contributed by atoms with Crippen LogP contribution in [0.4, 0.5) is 4.79 Å². The van der Waals surface area contributed by atoms with Gasteiger partial charge in [0.25, 0.3) is 0 Å². The van der Waals surface area contributed by atoms with Crippen LogP contribution in [-0.2, 0) is 19.9 Å². The lowest BCUT2D eigenvalue weighted by atomic mass is 9.80. The molecule has 0 aromatic heterocycles. The maximum absolute atomic E-state index is 12.1. The first kappa shape index (κ1) is 16.5. The lowest BCUT2D eigenvalue weighted by Crippen LogP contribution is -2.35. The molecule has 0 saturated heterocycles. The van der Waals surface area contributed by atoms with Crippen molar-refractivity contribution in [2.75, 3.05) is 0 Å². The van der Waals surface area contributed by atoms with E-state index in [2.05, 4.69) is 4.74 Å². The fourth-order valence-electron chi connectivity index (χ4n) is 2.88. The molecule has 124 valence electrons. The molecule has 0 aliphatic carbocycles. The second-order valence-corrected chi connectivity index (χ2v) is 5.35. The molecule has 3 aromatic carbocycles. The number of ether oxygens (including phenoxy) is 2. The van der Waals surface area contributed by atoms with Crippen LogP contribution < -0.4 is 0 Å². The van der Waals surface area contributed by atoms with Gasteiger partial charge in [-0.05, 0) is 0 Å². The molecule has 0 aliphatic heterocycles. The highest BCUT2D eigenvalue weighted by molar-refractivity contribution is 5.71. The molecule has 0 radical (unpaired) electrons. The third-order valence-corrected chi connectivity index (χ3v) is 3.92. The van der Waals surface area contributed by atoms with Gasteiger partial charge in [0, 0.05) is 16.7 Å². The average molecular weight is 332 g/mol. The third-order valence-electron chi connectivity index (χ3n) is 3.92. The molecule has 0 N–H and O–H groups in total. The summed E-state index contributed by atoms with van der Waals surface area (Å²) in [4.78, 5) is 22.7. The fourth-order valence-corrected chi connectivity index (χ4v) is 2.88. The van der Waals surface area contributed by atoms with Crippen LogP contribution >= 0.6 is 0 Å². The van der Waals surface area contributed by atoms with Crippen molar-refractivity contribution in [3.63, 3.8) is 0 Å². The van der Waals surface area contributed by atoms with Crippen molar-refractivity contribution in [1.82, 2.24) is 0 Å². The highest BCUT2D eigenvalue weighted by atomic mass is 16.7. The lowest BCUT2D eigenvalue weighted by Gasteiger charge is -2.34. The molecule has 0 unspecified atom stereocenters. The summed E-state index contributed by atoms with van der Waals surface area (Å²) >= 11 is 0. The highest BCUT2D eigenvalue weighted by Gasteiger charge is 2.41. The molecule has 0 bridgehead atoms. The summed E-state index contributed by atoms with van der Waals surface area (Å²) in [6, 6.07) is 28.1. The van der Waals surface area contributed by atoms with Gasteiger partial charge in [-0.1, -0.05) is 91.0 Å². The zero-order valence-electron chi connectivity index (χ0n) is 13.4. The first-order valence-corrected chi connectivity index (χ1v) is 7.77. The standard InChI is InChI=1S/C21H16O4/c22-16-24-20(23)25-21(17-10-4-1-5-11-17,18-12-6-2-7-13-18)19-14-8-3-9-15-19/h1-16H. The van der Waals surface area contributed by atoms with Crippen molar-refractivity contribution in [1.29, 1.82) is 0 Å². The van der Waals surface area contributed by atoms with Gasteiger partial charge >= 0.3 is 12.6 Å². The zero-order valence-corrected chi connectivity index (χ0v) is 13.4. The minimum atomic E-state index is -1.23.